The van der Waals surface area contributed by atoms with Crippen molar-refractivity contribution in [3.8, 4) is 17.4 Å². The molecular formula is C13H13N3O3. The van der Waals surface area contributed by atoms with Gasteiger partial charge in [0.1, 0.15) is 18.8 Å². The molecule has 6 heteroatoms. The van der Waals surface area contributed by atoms with Crippen LogP contribution in [0, 0.1) is 0 Å². The van der Waals surface area contributed by atoms with Crippen molar-refractivity contribution in [1.82, 2.24) is 9.97 Å². The third-order valence-electron chi connectivity index (χ3n) is 2.72. The first-order valence-electron chi connectivity index (χ1n) is 5.86. The van der Waals surface area contributed by atoms with Crippen molar-refractivity contribution in [1.29, 1.82) is 0 Å². The normalized spacial score (nSPS) is 12.3. The largest absolute Gasteiger partial charge is 0.473 e. The number of hydrogen-bond acceptors (Lipinski definition) is 6. The van der Waals surface area contributed by atoms with Crippen molar-refractivity contribution < 1.29 is 14.2 Å². The molecule has 6 nitrogen and oxygen atoms in total. The van der Waals surface area contributed by atoms with Gasteiger partial charge in [-0.05, 0) is 17.7 Å². The van der Waals surface area contributed by atoms with Crippen LogP contribution in [0.1, 0.15) is 5.56 Å². The van der Waals surface area contributed by atoms with E-state index >= 15 is 0 Å². The average molecular weight is 259 g/mol. The zero-order valence-electron chi connectivity index (χ0n) is 10.4. The molecule has 0 bridgehead atoms. The monoisotopic (exact) mass is 259 g/mol. The Kier molecular flexibility index (Phi) is 3.06. The first-order chi connectivity index (χ1) is 9.35. The molecular weight excluding hydrogens is 246 g/mol. The fraction of sp³-hybridized carbons (Fsp3) is 0.231. The van der Waals surface area contributed by atoms with Crippen molar-refractivity contribution in [3.63, 3.8) is 0 Å². The summed E-state index contributed by atoms with van der Waals surface area (Å²) in [6.07, 6.45) is 1.46. The highest BCUT2D eigenvalue weighted by Gasteiger charge is 2.13. The molecule has 98 valence electrons. The summed E-state index contributed by atoms with van der Waals surface area (Å²) < 4.78 is 16.2. The summed E-state index contributed by atoms with van der Waals surface area (Å²) in [6, 6.07) is 7.46. The quantitative estimate of drug-likeness (QED) is 0.903. The Balaban J connectivity index is 1.68. The fourth-order valence-corrected chi connectivity index (χ4v) is 1.74. The first-order valence-corrected chi connectivity index (χ1v) is 5.86. The summed E-state index contributed by atoms with van der Waals surface area (Å²) in [7, 11) is 1.80. The third kappa shape index (κ3) is 2.52. The van der Waals surface area contributed by atoms with E-state index in [0.717, 1.165) is 22.9 Å². The highest BCUT2D eigenvalue weighted by Crippen LogP contribution is 2.32. The summed E-state index contributed by atoms with van der Waals surface area (Å²) in [5.41, 5.74) is 0.994. The van der Waals surface area contributed by atoms with Gasteiger partial charge in [0.2, 0.25) is 12.7 Å². The summed E-state index contributed by atoms with van der Waals surface area (Å²) in [6.45, 7) is 0.688. The van der Waals surface area contributed by atoms with Gasteiger partial charge in [-0.25, -0.2) is 9.97 Å². The Morgan fingerprint density at radius 3 is 3.00 bits per heavy atom. The van der Waals surface area contributed by atoms with Crippen molar-refractivity contribution in [2.75, 3.05) is 19.2 Å². The van der Waals surface area contributed by atoms with E-state index in [2.05, 4.69) is 15.3 Å². The predicted octanol–water partition coefficient (Wildman–Crippen LogP) is 1.83. The van der Waals surface area contributed by atoms with Crippen LogP contribution in [0.25, 0.3) is 0 Å². The Labute approximate surface area is 110 Å². The molecule has 0 atom stereocenters. The summed E-state index contributed by atoms with van der Waals surface area (Å²) in [4.78, 5) is 8.07. The standard InChI is InChI=1S/C13H13N3O3/c1-14-12-5-13(16-7-15-12)17-6-9-2-3-10-11(4-9)19-8-18-10/h2-5,7H,6,8H2,1H3,(H,14,15,16). The third-order valence-corrected chi connectivity index (χ3v) is 2.72. The van der Waals surface area contributed by atoms with Gasteiger partial charge in [-0.1, -0.05) is 6.07 Å². The second kappa shape index (κ2) is 5.01. The van der Waals surface area contributed by atoms with Crippen molar-refractivity contribution in [2.24, 2.45) is 0 Å². The highest BCUT2D eigenvalue weighted by atomic mass is 16.7. The maximum absolute atomic E-state index is 5.61. The Hall–Kier alpha value is -2.50. The van der Waals surface area contributed by atoms with E-state index in [1.807, 2.05) is 18.2 Å². The SMILES string of the molecule is CNc1cc(OCc2ccc3c(c2)OCO3)ncn1. The Morgan fingerprint density at radius 2 is 2.11 bits per heavy atom. The van der Waals surface area contributed by atoms with E-state index in [1.165, 1.54) is 6.33 Å². The van der Waals surface area contributed by atoms with Gasteiger partial charge in [0.25, 0.3) is 0 Å². The molecule has 1 aromatic carbocycles. The number of nitrogens with zero attached hydrogens (tertiary/aromatic N) is 2. The molecule has 0 unspecified atom stereocenters. The van der Waals surface area contributed by atoms with E-state index in [-0.39, 0.29) is 6.79 Å². The molecule has 19 heavy (non-hydrogen) atoms. The summed E-state index contributed by atoms with van der Waals surface area (Å²) in [5, 5.41) is 2.93. The van der Waals surface area contributed by atoms with Gasteiger partial charge in [0.05, 0.1) is 0 Å². The molecule has 0 aliphatic carbocycles. The molecule has 0 fully saturated rings. The van der Waals surface area contributed by atoms with Gasteiger partial charge in [0.15, 0.2) is 11.5 Å². The number of aromatic nitrogens is 2. The van der Waals surface area contributed by atoms with Crippen LogP contribution in [0.15, 0.2) is 30.6 Å². The molecule has 0 saturated carbocycles. The lowest BCUT2D eigenvalue weighted by Gasteiger charge is -2.07. The number of fused-ring (bicyclic) bond motifs is 1. The molecule has 0 amide bonds. The maximum Gasteiger partial charge on any atom is 0.231 e. The van der Waals surface area contributed by atoms with E-state index in [4.69, 9.17) is 14.2 Å². The van der Waals surface area contributed by atoms with Gasteiger partial charge in [0, 0.05) is 13.1 Å². The summed E-state index contributed by atoms with van der Waals surface area (Å²) >= 11 is 0. The number of hydrogen-bond donors (Lipinski definition) is 1. The molecule has 1 aliphatic heterocycles. The topological polar surface area (TPSA) is 65.5 Å². The summed E-state index contributed by atoms with van der Waals surface area (Å²) in [5.74, 6) is 2.76. The van der Waals surface area contributed by atoms with E-state index < -0.39 is 0 Å². The minimum Gasteiger partial charge on any atom is -0.473 e. The maximum atomic E-state index is 5.61. The van der Waals surface area contributed by atoms with Crippen LogP contribution in [-0.4, -0.2) is 23.8 Å². The second-order valence-corrected chi connectivity index (χ2v) is 3.97. The molecule has 0 radical (unpaired) electrons. The van der Waals surface area contributed by atoms with Crippen LogP contribution in [0.3, 0.4) is 0 Å². The van der Waals surface area contributed by atoms with Gasteiger partial charge in [-0.15, -0.1) is 0 Å². The number of anilines is 1. The Morgan fingerprint density at radius 1 is 1.21 bits per heavy atom. The number of ether oxygens (including phenoxy) is 3. The molecule has 1 aliphatic rings. The lowest BCUT2D eigenvalue weighted by Crippen LogP contribution is -1.99. The molecule has 0 saturated heterocycles. The van der Waals surface area contributed by atoms with Crippen LogP contribution < -0.4 is 19.5 Å². The molecule has 2 heterocycles. The van der Waals surface area contributed by atoms with Crippen LogP contribution >= 0.6 is 0 Å². The number of rotatable bonds is 4. The zero-order chi connectivity index (χ0) is 13.1. The van der Waals surface area contributed by atoms with Gasteiger partial charge < -0.3 is 19.5 Å². The molecule has 3 rings (SSSR count). The van der Waals surface area contributed by atoms with Gasteiger partial charge in [-0.3, -0.25) is 0 Å². The zero-order valence-corrected chi connectivity index (χ0v) is 10.4. The molecule has 2 aromatic rings. The van der Waals surface area contributed by atoms with Crippen LogP contribution in [0.4, 0.5) is 5.82 Å². The smallest absolute Gasteiger partial charge is 0.231 e. The van der Waals surface area contributed by atoms with Gasteiger partial charge in [-0.2, -0.15) is 0 Å². The van der Waals surface area contributed by atoms with E-state index in [1.54, 1.807) is 13.1 Å². The molecule has 0 spiro atoms. The molecule has 1 N–H and O–H groups in total. The van der Waals surface area contributed by atoms with Gasteiger partial charge >= 0.3 is 0 Å². The Bertz CT molecular complexity index is 589. The van der Waals surface area contributed by atoms with Crippen LogP contribution in [0.2, 0.25) is 0 Å². The lowest BCUT2D eigenvalue weighted by atomic mass is 10.2. The fourth-order valence-electron chi connectivity index (χ4n) is 1.74. The van der Waals surface area contributed by atoms with E-state index in [9.17, 15) is 0 Å². The molecule has 1 aromatic heterocycles. The minimum atomic E-state index is 0.275. The number of benzene rings is 1. The highest BCUT2D eigenvalue weighted by molar-refractivity contribution is 5.44. The van der Waals surface area contributed by atoms with E-state index in [0.29, 0.717) is 12.5 Å². The second-order valence-electron chi connectivity index (χ2n) is 3.97. The lowest BCUT2D eigenvalue weighted by molar-refractivity contribution is 0.174. The minimum absolute atomic E-state index is 0.275. The predicted molar refractivity (Wildman–Crippen MR) is 68.5 cm³/mol. The number of nitrogens with one attached hydrogen (secondary N) is 1. The average Bonchev–Trinajstić information content (AvgIpc) is 2.93. The van der Waals surface area contributed by atoms with Crippen LogP contribution in [0.5, 0.6) is 17.4 Å². The first kappa shape index (κ1) is 11.6. The van der Waals surface area contributed by atoms with Crippen molar-refractivity contribution >= 4 is 5.82 Å². The van der Waals surface area contributed by atoms with Crippen molar-refractivity contribution in [3.05, 3.63) is 36.2 Å². The van der Waals surface area contributed by atoms with Crippen LogP contribution in [-0.2, 0) is 6.61 Å². The van der Waals surface area contributed by atoms with Crippen molar-refractivity contribution in [2.45, 2.75) is 6.61 Å².